The van der Waals surface area contributed by atoms with Crippen molar-refractivity contribution in [3.8, 4) is 11.4 Å². The second-order valence-corrected chi connectivity index (χ2v) is 5.59. The normalized spacial score (nSPS) is 10.6. The van der Waals surface area contributed by atoms with Crippen molar-refractivity contribution < 1.29 is 23.8 Å². The highest BCUT2D eigenvalue weighted by Crippen LogP contribution is 2.32. The van der Waals surface area contributed by atoms with E-state index in [1.807, 2.05) is 41.8 Å². The number of ether oxygens (including phenoxy) is 3. The number of methoxy groups -OCH3 is 1. The van der Waals surface area contributed by atoms with Gasteiger partial charge >= 0.3 is 12.1 Å². The van der Waals surface area contributed by atoms with E-state index in [2.05, 4.69) is 4.74 Å². The average Bonchev–Trinajstić information content (AvgIpc) is 2.93. The van der Waals surface area contributed by atoms with Gasteiger partial charge in [-0.05, 0) is 44.2 Å². The number of esters is 1. The van der Waals surface area contributed by atoms with Crippen LogP contribution in [-0.2, 0) is 9.47 Å². The van der Waals surface area contributed by atoms with Crippen LogP contribution in [0.5, 0.6) is 5.75 Å². The van der Waals surface area contributed by atoms with Crippen LogP contribution in [0.2, 0.25) is 0 Å². The van der Waals surface area contributed by atoms with Crippen molar-refractivity contribution in [1.29, 1.82) is 0 Å². The van der Waals surface area contributed by atoms with Gasteiger partial charge in [0.1, 0.15) is 5.75 Å². The lowest BCUT2D eigenvalue weighted by Gasteiger charge is -2.08. The molecule has 0 aliphatic carbocycles. The first-order valence-electron chi connectivity index (χ1n) is 8.20. The molecule has 3 rings (SSSR count). The number of hydrogen-bond donors (Lipinski definition) is 0. The van der Waals surface area contributed by atoms with Crippen LogP contribution in [0, 0.1) is 6.92 Å². The number of para-hydroxylation sites is 1. The number of carbonyl (C=O) groups is 2. The van der Waals surface area contributed by atoms with E-state index >= 15 is 0 Å². The van der Waals surface area contributed by atoms with Gasteiger partial charge in [-0.25, -0.2) is 9.59 Å². The molecule has 0 radical (unpaired) electrons. The summed E-state index contributed by atoms with van der Waals surface area (Å²) in [5.74, 6) is -0.125. The minimum absolute atomic E-state index is 0.272. The van der Waals surface area contributed by atoms with Crippen LogP contribution in [0.4, 0.5) is 4.79 Å². The molecule has 134 valence electrons. The number of rotatable bonds is 4. The summed E-state index contributed by atoms with van der Waals surface area (Å²) in [6.07, 6.45) is -0.818. The van der Waals surface area contributed by atoms with E-state index in [1.54, 1.807) is 25.1 Å². The third kappa shape index (κ3) is 3.13. The molecule has 0 atom stereocenters. The Balaban J connectivity index is 2.24. The van der Waals surface area contributed by atoms with Crippen LogP contribution < -0.4 is 4.74 Å². The SMILES string of the molecule is CCOC(=O)c1c(C)n(-c2ccccc2)c2ccc(OC(=O)OC)cc12. The fourth-order valence-corrected chi connectivity index (χ4v) is 2.97. The highest BCUT2D eigenvalue weighted by Gasteiger charge is 2.22. The Morgan fingerprint density at radius 3 is 2.46 bits per heavy atom. The summed E-state index contributed by atoms with van der Waals surface area (Å²) in [6.45, 7) is 3.89. The van der Waals surface area contributed by atoms with Crippen LogP contribution in [0.3, 0.4) is 0 Å². The van der Waals surface area contributed by atoms with Crippen molar-refractivity contribution in [2.24, 2.45) is 0 Å². The van der Waals surface area contributed by atoms with Crippen molar-refractivity contribution in [2.45, 2.75) is 13.8 Å². The first-order chi connectivity index (χ1) is 12.6. The molecule has 0 saturated carbocycles. The van der Waals surface area contributed by atoms with E-state index < -0.39 is 12.1 Å². The largest absolute Gasteiger partial charge is 0.513 e. The summed E-state index contributed by atoms with van der Waals surface area (Å²) in [6, 6.07) is 14.8. The molecule has 0 fully saturated rings. The predicted octanol–water partition coefficient (Wildman–Crippen LogP) is 4.26. The molecule has 0 spiro atoms. The van der Waals surface area contributed by atoms with Gasteiger partial charge in [0.2, 0.25) is 0 Å². The summed E-state index contributed by atoms with van der Waals surface area (Å²) >= 11 is 0. The molecule has 3 aromatic rings. The summed E-state index contributed by atoms with van der Waals surface area (Å²) in [7, 11) is 1.24. The van der Waals surface area contributed by atoms with E-state index in [0.717, 1.165) is 16.9 Å². The van der Waals surface area contributed by atoms with Gasteiger partial charge in [-0.15, -0.1) is 0 Å². The Labute approximate surface area is 150 Å². The van der Waals surface area contributed by atoms with E-state index in [-0.39, 0.29) is 6.61 Å². The van der Waals surface area contributed by atoms with Gasteiger partial charge in [0.05, 0.1) is 24.8 Å². The van der Waals surface area contributed by atoms with Crippen molar-refractivity contribution in [3.05, 3.63) is 59.8 Å². The van der Waals surface area contributed by atoms with Gasteiger partial charge in [-0.2, -0.15) is 0 Å². The van der Waals surface area contributed by atoms with Crippen LogP contribution in [0.1, 0.15) is 23.0 Å². The van der Waals surface area contributed by atoms with Gasteiger partial charge in [0, 0.05) is 16.8 Å². The van der Waals surface area contributed by atoms with Crippen molar-refractivity contribution in [1.82, 2.24) is 4.57 Å². The molecule has 0 aliphatic heterocycles. The lowest BCUT2D eigenvalue weighted by molar-refractivity contribution is 0.0527. The zero-order chi connectivity index (χ0) is 18.7. The first-order valence-corrected chi connectivity index (χ1v) is 8.20. The van der Waals surface area contributed by atoms with Gasteiger partial charge in [0.25, 0.3) is 0 Å². The van der Waals surface area contributed by atoms with Crippen molar-refractivity contribution in [2.75, 3.05) is 13.7 Å². The van der Waals surface area contributed by atoms with Gasteiger partial charge in [-0.1, -0.05) is 18.2 Å². The Morgan fingerprint density at radius 2 is 1.81 bits per heavy atom. The predicted molar refractivity (Wildman–Crippen MR) is 97.0 cm³/mol. The highest BCUT2D eigenvalue weighted by atomic mass is 16.7. The monoisotopic (exact) mass is 353 g/mol. The lowest BCUT2D eigenvalue weighted by Crippen LogP contribution is -2.08. The number of benzene rings is 2. The van der Waals surface area contributed by atoms with Crippen molar-refractivity contribution >= 4 is 23.0 Å². The Kier molecular flexibility index (Phi) is 4.93. The van der Waals surface area contributed by atoms with E-state index in [9.17, 15) is 9.59 Å². The Bertz CT molecular complexity index is 959. The van der Waals surface area contributed by atoms with Crippen LogP contribution in [0.25, 0.3) is 16.6 Å². The summed E-state index contributed by atoms with van der Waals surface area (Å²) in [5, 5.41) is 0.645. The maximum atomic E-state index is 12.5. The first kappa shape index (κ1) is 17.5. The number of fused-ring (bicyclic) bond motifs is 1. The minimum Gasteiger partial charge on any atom is -0.462 e. The molecule has 0 saturated heterocycles. The quantitative estimate of drug-likeness (QED) is 0.518. The summed E-state index contributed by atoms with van der Waals surface area (Å²) < 4.78 is 16.8. The molecule has 0 aliphatic rings. The number of hydrogen-bond acceptors (Lipinski definition) is 5. The molecule has 26 heavy (non-hydrogen) atoms. The van der Waals surface area contributed by atoms with Gasteiger partial charge in [0.15, 0.2) is 0 Å². The average molecular weight is 353 g/mol. The van der Waals surface area contributed by atoms with E-state index in [0.29, 0.717) is 16.7 Å². The number of carbonyl (C=O) groups excluding carboxylic acids is 2. The number of nitrogens with zero attached hydrogens (tertiary/aromatic N) is 1. The second-order valence-electron chi connectivity index (χ2n) is 5.59. The fourth-order valence-electron chi connectivity index (χ4n) is 2.97. The fraction of sp³-hybridized carbons (Fsp3) is 0.200. The lowest BCUT2D eigenvalue weighted by atomic mass is 10.1. The topological polar surface area (TPSA) is 66.8 Å². The summed E-state index contributed by atoms with van der Waals surface area (Å²) in [4.78, 5) is 23.9. The molecule has 1 heterocycles. The standard InChI is InChI=1S/C20H19NO5/c1-4-25-19(22)18-13(2)21(14-8-6-5-7-9-14)17-11-10-15(12-16(17)18)26-20(23)24-3/h5-12H,4H2,1-3H3. The second kappa shape index (κ2) is 7.31. The zero-order valence-electron chi connectivity index (χ0n) is 14.8. The molecule has 1 aromatic heterocycles. The zero-order valence-corrected chi connectivity index (χ0v) is 14.8. The third-order valence-electron chi connectivity index (χ3n) is 4.04. The maximum Gasteiger partial charge on any atom is 0.513 e. The molecule has 0 N–H and O–H groups in total. The molecular weight excluding hydrogens is 334 g/mol. The Morgan fingerprint density at radius 1 is 1.08 bits per heavy atom. The van der Waals surface area contributed by atoms with Crippen LogP contribution in [0.15, 0.2) is 48.5 Å². The molecule has 0 bridgehead atoms. The van der Waals surface area contributed by atoms with Crippen LogP contribution in [-0.4, -0.2) is 30.4 Å². The molecule has 0 amide bonds. The highest BCUT2D eigenvalue weighted by molar-refractivity contribution is 6.07. The third-order valence-corrected chi connectivity index (χ3v) is 4.04. The smallest absolute Gasteiger partial charge is 0.462 e. The molecular formula is C20H19NO5. The maximum absolute atomic E-state index is 12.5. The molecule has 6 heteroatoms. The van der Waals surface area contributed by atoms with Gasteiger partial charge in [-0.3, -0.25) is 0 Å². The molecule has 6 nitrogen and oxygen atoms in total. The molecule has 0 unspecified atom stereocenters. The van der Waals surface area contributed by atoms with Gasteiger partial charge < -0.3 is 18.8 Å². The Hall–Kier alpha value is -3.28. The van der Waals surface area contributed by atoms with E-state index in [4.69, 9.17) is 9.47 Å². The molecule has 2 aromatic carbocycles. The van der Waals surface area contributed by atoms with E-state index in [1.165, 1.54) is 7.11 Å². The number of aromatic nitrogens is 1. The van der Waals surface area contributed by atoms with Crippen LogP contribution >= 0.6 is 0 Å². The minimum atomic E-state index is -0.818. The van der Waals surface area contributed by atoms with Crippen molar-refractivity contribution in [3.63, 3.8) is 0 Å². The summed E-state index contributed by atoms with van der Waals surface area (Å²) in [5.41, 5.74) is 2.93.